The van der Waals surface area contributed by atoms with Crippen LogP contribution in [-0.2, 0) is 10.8 Å². The standard InChI is InChI=1S/C14H22ClN/c1-6-13(2,3)12-9-11(7-8-16-12)14(4,5)10-15/h7-9H,6,10H2,1-5H3. The molecule has 0 amide bonds. The zero-order valence-electron chi connectivity index (χ0n) is 11.0. The average molecular weight is 240 g/mol. The normalized spacial score (nSPS) is 12.9. The van der Waals surface area contributed by atoms with Crippen LogP contribution in [0.3, 0.4) is 0 Å². The van der Waals surface area contributed by atoms with Gasteiger partial charge < -0.3 is 0 Å². The minimum absolute atomic E-state index is 0.0169. The van der Waals surface area contributed by atoms with Gasteiger partial charge in [-0.25, -0.2) is 0 Å². The molecule has 0 aliphatic heterocycles. The third-order valence-corrected chi connectivity index (χ3v) is 4.12. The maximum atomic E-state index is 6.01. The predicted molar refractivity (Wildman–Crippen MR) is 71.3 cm³/mol. The van der Waals surface area contributed by atoms with Gasteiger partial charge >= 0.3 is 0 Å². The van der Waals surface area contributed by atoms with Crippen LogP contribution in [0.4, 0.5) is 0 Å². The molecule has 0 fully saturated rings. The Morgan fingerprint density at radius 3 is 2.31 bits per heavy atom. The minimum Gasteiger partial charge on any atom is -0.261 e. The van der Waals surface area contributed by atoms with E-state index in [1.165, 1.54) is 5.56 Å². The first-order valence-corrected chi connectivity index (χ1v) is 6.40. The molecular formula is C14H22ClN. The monoisotopic (exact) mass is 239 g/mol. The molecule has 2 heteroatoms. The van der Waals surface area contributed by atoms with Crippen LogP contribution in [0.5, 0.6) is 0 Å². The van der Waals surface area contributed by atoms with Crippen LogP contribution in [0.15, 0.2) is 18.3 Å². The molecule has 1 heterocycles. The molecule has 0 unspecified atom stereocenters. The number of hydrogen-bond acceptors (Lipinski definition) is 1. The van der Waals surface area contributed by atoms with E-state index in [0.717, 1.165) is 12.1 Å². The highest BCUT2D eigenvalue weighted by Crippen LogP contribution is 2.30. The van der Waals surface area contributed by atoms with Gasteiger partial charge in [0.05, 0.1) is 0 Å². The van der Waals surface area contributed by atoms with Crippen molar-refractivity contribution in [3.8, 4) is 0 Å². The summed E-state index contributed by atoms with van der Waals surface area (Å²) in [5.41, 5.74) is 2.58. The second-order valence-electron chi connectivity index (χ2n) is 5.68. The Balaban J connectivity index is 3.14. The molecule has 1 aromatic heterocycles. The summed E-state index contributed by atoms with van der Waals surface area (Å²) in [5, 5.41) is 0. The number of rotatable bonds is 4. The van der Waals surface area contributed by atoms with Crippen LogP contribution in [0.1, 0.15) is 52.3 Å². The summed E-state index contributed by atoms with van der Waals surface area (Å²) in [5.74, 6) is 0.628. The number of halogens is 1. The zero-order chi connectivity index (χ0) is 12.4. The van der Waals surface area contributed by atoms with Gasteiger partial charge in [0.1, 0.15) is 0 Å². The average Bonchev–Trinajstić information content (AvgIpc) is 2.29. The first-order valence-electron chi connectivity index (χ1n) is 5.86. The highest BCUT2D eigenvalue weighted by atomic mass is 35.5. The Morgan fingerprint density at radius 2 is 1.81 bits per heavy atom. The summed E-state index contributed by atoms with van der Waals surface area (Å²) in [6.45, 7) is 11.0. The molecule has 1 aromatic rings. The summed E-state index contributed by atoms with van der Waals surface area (Å²) >= 11 is 6.01. The number of aromatic nitrogens is 1. The Hall–Kier alpha value is -0.560. The lowest BCUT2D eigenvalue weighted by atomic mass is 9.81. The molecule has 0 aliphatic rings. The van der Waals surface area contributed by atoms with Gasteiger partial charge in [0.15, 0.2) is 0 Å². The largest absolute Gasteiger partial charge is 0.261 e. The van der Waals surface area contributed by atoms with E-state index in [1.54, 1.807) is 0 Å². The molecular weight excluding hydrogens is 218 g/mol. The van der Waals surface area contributed by atoms with Crippen LogP contribution in [-0.4, -0.2) is 10.9 Å². The molecule has 0 aliphatic carbocycles. The first-order chi connectivity index (χ1) is 7.33. The van der Waals surface area contributed by atoms with E-state index in [-0.39, 0.29) is 10.8 Å². The van der Waals surface area contributed by atoms with Gasteiger partial charge in [0.25, 0.3) is 0 Å². The van der Waals surface area contributed by atoms with Gasteiger partial charge in [-0.05, 0) is 24.1 Å². The van der Waals surface area contributed by atoms with Gasteiger partial charge in [0, 0.05) is 28.6 Å². The zero-order valence-corrected chi connectivity index (χ0v) is 11.7. The first kappa shape index (κ1) is 13.5. The number of hydrogen-bond donors (Lipinski definition) is 0. The molecule has 1 rings (SSSR count). The van der Waals surface area contributed by atoms with E-state index in [4.69, 9.17) is 11.6 Å². The fourth-order valence-corrected chi connectivity index (χ4v) is 1.63. The number of pyridine rings is 1. The highest BCUT2D eigenvalue weighted by molar-refractivity contribution is 6.18. The van der Waals surface area contributed by atoms with Crippen molar-refractivity contribution in [1.82, 2.24) is 4.98 Å². The van der Waals surface area contributed by atoms with Gasteiger partial charge in [-0.3, -0.25) is 4.98 Å². The molecule has 0 bridgehead atoms. The maximum absolute atomic E-state index is 6.01. The molecule has 1 nitrogen and oxygen atoms in total. The second-order valence-corrected chi connectivity index (χ2v) is 5.95. The third-order valence-electron chi connectivity index (χ3n) is 3.45. The quantitative estimate of drug-likeness (QED) is 0.715. The van der Waals surface area contributed by atoms with E-state index in [1.807, 2.05) is 6.20 Å². The molecule has 16 heavy (non-hydrogen) atoms. The SMILES string of the molecule is CCC(C)(C)c1cc(C(C)(C)CCl)ccn1. The lowest BCUT2D eigenvalue weighted by molar-refractivity contribution is 0.486. The van der Waals surface area contributed by atoms with E-state index in [0.29, 0.717) is 5.88 Å². The maximum Gasteiger partial charge on any atom is 0.0462 e. The second kappa shape index (κ2) is 4.75. The van der Waals surface area contributed by atoms with Crippen molar-refractivity contribution < 1.29 is 0 Å². The number of nitrogens with zero attached hydrogens (tertiary/aromatic N) is 1. The molecule has 0 spiro atoms. The summed E-state index contributed by atoms with van der Waals surface area (Å²) in [6, 6.07) is 4.27. The van der Waals surface area contributed by atoms with Crippen LogP contribution < -0.4 is 0 Å². The molecule has 90 valence electrons. The summed E-state index contributed by atoms with van der Waals surface area (Å²) in [7, 11) is 0. The molecule has 0 radical (unpaired) electrons. The topological polar surface area (TPSA) is 12.9 Å². The van der Waals surface area contributed by atoms with Crippen molar-refractivity contribution in [2.75, 3.05) is 5.88 Å². The van der Waals surface area contributed by atoms with Crippen LogP contribution in [0.2, 0.25) is 0 Å². The predicted octanol–water partition coefficient (Wildman–Crippen LogP) is 4.29. The van der Waals surface area contributed by atoms with E-state index in [2.05, 4.69) is 51.7 Å². The highest BCUT2D eigenvalue weighted by Gasteiger charge is 2.24. The molecule has 0 N–H and O–H groups in total. The van der Waals surface area contributed by atoms with Crippen molar-refractivity contribution in [2.45, 2.75) is 51.9 Å². The van der Waals surface area contributed by atoms with Gasteiger partial charge in [-0.1, -0.05) is 34.6 Å². The van der Waals surface area contributed by atoms with E-state index >= 15 is 0 Å². The van der Waals surface area contributed by atoms with Crippen molar-refractivity contribution >= 4 is 11.6 Å². The summed E-state index contributed by atoms with van der Waals surface area (Å²) in [6.07, 6.45) is 2.99. The third kappa shape index (κ3) is 2.76. The molecule has 0 saturated carbocycles. The van der Waals surface area contributed by atoms with Gasteiger partial charge in [-0.2, -0.15) is 0 Å². The smallest absolute Gasteiger partial charge is 0.0462 e. The Morgan fingerprint density at radius 1 is 1.19 bits per heavy atom. The van der Waals surface area contributed by atoms with Crippen molar-refractivity contribution in [3.63, 3.8) is 0 Å². The lowest BCUT2D eigenvalue weighted by Gasteiger charge is -2.26. The van der Waals surface area contributed by atoms with Crippen molar-refractivity contribution in [3.05, 3.63) is 29.6 Å². The van der Waals surface area contributed by atoms with Crippen molar-refractivity contribution in [2.24, 2.45) is 0 Å². The Kier molecular flexibility index (Phi) is 4.01. The molecule has 0 aromatic carbocycles. The van der Waals surface area contributed by atoms with Gasteiger partial charge in [0.2, 0.25) is 0 Å². The summed E-state index contributed by atoms with van der Waals surface area (Å²) < 4.78 is 0. The van der Waals surface area contributed by atoms with Crippen molar-refractivity contribution in [1.29, 1.82) is 0 Å². The lowest BCUT2D eigenvalue weighted by Crippen LogP contribution is -2.22. The minimum atomic E-state index is 0.0169. The van der Waals surface area contributed by atoms with Crippen LogP contribution in [0, 0.1) is 0 Å². The molecule has 0 saturated heterocycles. The van der Waals surface area contributed by atoms with E-state index in [9.17, 15) is 0 Å². The molecule has 0 atom stereocenters. The van der Waals surface area contributed by atoms with Crippen LogP contribution >= 0.6 is 11.6 Å². The fourth-order valence-electron chi connectivity index (χ4n) is 1.48. The summed E-state index contributed by atoms with van der Waals surface area (Å²) in [4.78, 5) is 4.49. The Labute approximate surface area is 104 Å². The van der Waals surface area contributed by atoms with E-state index < -0.39 is 0 Å². The fraction of sp³-hybridized carbons (Fsp3) is 0.643. The number of alkyl halides is 1. The van der Waals surface area contributed by atoms with Crippen LogP contribution in [0.25, 0.3) is 0 Å². The Bertz CT molecular complexity index is 324. The van der Waals surface area contributed by atoms with Gasteiger partial charge in [-0.15, -0.1) is 11.6 Å².